The number of aromatic nitrogens is 2. The predicted octanol–water partition coefficient (Wildman–Crippen LogP) is 4.79. The quantitative estimate of drug-likeness (QED) is 0.458. The topological polar surface area (TPSA) is 71.5 Å². The summed E-state index contributed by atoms with van der Waals surface area (Å²) in [5.41, 5.74) is 4.22. The van der Waals surface area contributed by atoms with Gasteiger partial charge in [0.25, 0.3) is 0 Å². The van der Waals surface area contributed by atoms with Gasteiger partial charge in [-0.1, -0.05) is 12.1 Å². The van der Waals surface area contributed by atoms with Crippen LogP contribution < -0.4 is 0 Å². The van der Waals surface area contributed by atoms with E-state index in [2.05, 4.69) is 0 Å². The average molecular weight is 450 g/mol. The van der Waals surface area contributed by atoms with E-state index in [1.807, 2.05) is 29.3 Å². The Hall–Kier alpha value is -3.52. The fourth-order valence-electron chi connectivity index (χ4n) is 3.78. The maximum atomic E-state index is 13.4. The highest BCUT2D eigenvalue weighted by Gasteiger charge is 2.35. The van der Waals surface area contributed by atoms with Crippen molar-refractivity contribution in [1.29, 1.82) is 0 Å². The molecule has 1 atom stereocenters. The number of furan rings is 1. The summed E-state index contributed by atoms with van der Waals surface area (Å²) in [6.45, 7) is 0.549. The molecule has 0 radical (unpaired) electrons. The van der Waals surface area contributed by atoms with Crippen LogP contribution in [-0.2, 0) is 11.2 Å². The number of nitrogens with zero attached hydrogens (tertiary/aromatic N) is 3. The fraction of sp³-hybridized carbons (Fsp3) is 0.167. The van der Waals surface area contributed by atoms with Crippen molar-refractivity contribution >= 4 is 17.7 Å². The molecule has 1 amide bonds. The number of phenolic OH excluding ortho intramolecular Hbond substituents is 1. The second kappa shape index (κ2) is 8.55. The maximum absolute atomic E-state index is 13.4. The Morgan fingerprint density at radius 1 is 1.12 bits per heavy atom. The number of rotatable bonds is 6. The van der Waals surface area contributed by atoms with Crippen LogP contribution in [0.2, 0.25) is 0 Å². The number of carbonyl (C=O) groups excluding carboxylic acids is 1. The number of aromatic hydroxyl groups is 1. The zero-order valence-corrected chi connectivity index (χ0v) is 17.8. The molecule has 1 unspecified atom stereocenters. The molecule has 0 spiro atoms. The maximum Gasteiger partial charge on any atom is 0.233 e. The predicted molar refractivity (Wildman–Crippen MR) is 120 cm³/mol. The number of hydrogen-bond acceptors (Lipinski definition) is 5. The van der Waals surface area contributed by atoms with Gasteiger partial charge >= 0.3 is 0 Å². The van der Waals surface area contributed by atoms with Crippen molar-refractivity contribution in [3.05, 3.63) is 90.3 Å². The smallest absolute Gasteiger partial charge is 0.233 e. The van der Waals surface area contributed by atoms with Gasteiger partial charge in [0.1, 0.15) is 22.6 Å². The molecule has 2 aromatic carbocycles. The summed E-state index contributed by atoms with van der Waals surface area (Å²) in [7, 11) is 0. The van der Waals surface area contributed by atoms with E-state index < -0.39 is 0 Å². The van der Waals surface area contributed by atoms with E-state index >= 15 is 0 Å². The van der Waals surface area contributed by atoms with E-state index in [0.29, 0.717) is 18.7 Å². The summed E-state index contributed by atoms with van der Waals surface area (Å²) in [4.78, 5) is 14.6. The number of hydrogen-bond donors (Lipinski definition) is 1. The molecule has 0 bridgehead atoms. The van der Waals surface area contributed by atoms with Gasteiger partial charge in [0.05, 0.1) is 24.0 Å². The van der Waals surface area contributed by atoms with Gasteiger partial charge in [-0.3, -0.25) is 4.79 Å². The lowest BCUT2D eigenvalue weighted by Gasteiger charge is -2.24. The zero-order chi connectivity index (χ0) is 22.1. The minimum Gasteiger partial charge on any atom is -0.508 e. The Labute approximate surface area is 188 Å². The molecule has 6 nitrogen and oxygen atoms in total. The van der Waals surface area contributed by atoms with Crippen LogP contribution >= 0.6 is 11.8 Å². The standard InChI is InChI=1S/C24H20FN3O3S/c25-18-3-5-19(6-4-18)28-13-21(23(26-28)17-10-12-31-14-17)24-27(22(30)15-32-24)11-9-16-1-7-20(29)8-2-16/h1-8,10,12-14,24,29H,9,11,15H2. The van der Waals surface area contributed by atoms with Crippen LogP contribution in [0.4, 0.5) is 4.39 Å². The van der Waals surface area contributed by atoms with E-state index in [1.165, 1.54) is 12.1 Å². The van der Waals surface area contributed by atoms with Crippen molar-refractivity contribution in [2.75, 3.05) is 12.3 Å². The third-order valence-corrected chi connectivity index (χ3v) is 6.68. The minimum atomic E-state index is -0.312. The van der Waals surface area contributed by atoms with Gasteiger partial charge in [0.2, 0.25) is 5.91 Å². The van der Waals surface area contributed by atoms with Crippen LogP contribution in [0.1, 0.15) is 16.5 Å². The van der Waals surface area contributed by atoms with Gasteiger partial charge < -0.3 is 14.4 Å². The number of thioether (sulfide) groups is 1. The summed E-state index contributed by atoms with van der Waals surface area (Å²) in [5, 5.41) is 14.0. The van der Waals surface area contributed by atoms with Gasteiger partial charge in [-0.2, -0.15) is 5.10 Å². The third kappa shape index (κ3) is 4.01. The second-order valence-corrected chi connectivity index (χ2v) is 8.60. The molecule has 1 aliphatic heterocycles. The summed E-state index contributed by atoms with van der Waals surface area (Å²) >= 11 is 1.56. The summed E-state index contributed by atoms with van der Waals surface area (Å²) in [6, 6.07) is 15.0. The molecule has 1 N–H and O–H groups in total. The van der Waals surface area contributed by atoms with Gasteiger partial charge in [-0.25, -0.2) is 9.07 Å². The minimum absolute atomic E-state index is 0.0754. The van der Waals surface area contributed by atoms with Crippen molar-refractivity contribution in [2.24, 2.45) is 0 Å². The fourth-order valence-corrected chi connectivity index (χ4v) is 5.00. The normalized spacial score (nSPS) is 16.1. The van der Waals surface area contributed by atoms with E-state index in [0.717, 1.165) is 28.1 Å². The summed E-state index contributed by atoms with van der Waals surface area (Å²) in [6.07, 6.45) is 5.80. The Kier molecular flexibility index (Phi) is 5.45. The SMILES string of the molecule is O=C1CSC(c2cn(-c3ccc(F)cc3)nc2-c2ccoc2)N1CCc1ccc(O)cc1. The number of benzene rings is 2. The first-order valence-corrected chi connectivity index (χ1v) is 11.2. The molecule has 1 fully saturated rings. The molecule has 0 aliphatic carbocycles. The Morgan fingerprint density at radius 2 is 1.91 bits per heavy atom. The first-order chi connectivity index (χ1) is 15.6. The second-order valence-electron chi connectivity index (χ2n) is 7.53. The van der Waals surface area contributed by atoms with Crippen molar-refractivity contribution in [3.8, 4) is 22.7 Å². The van der Waals surface area contributed by atoms with Crippen LogP contribution in [0.5, 0.6) is 5.75 Å². The molecular formula is C24H20FN3O3S. The molecule has 4 aromatic rings. The van der Waals surface area contributed by atoms with Crippen LogP contribution in [0, 0.1) is 5.82 Å². The lowest BCUT2D eigenvalue weighted by Crippen LogP contribution is -2.30. The third-order valence-electron chi connectivity index (χ3n) is 5.44. The molecular weight excluding hydrogens is 429 g/mol. The number of halogens is 1. The lowest BCUT2D eigenvalue weighted by molar-refractivity contribution is -0.128. The van der Waals surface area contributed by atoms with Gasteiger partial charge in [0, 0.05) is 23.9 Å². The number of phenols is 1. The van der Waals surface area contributed by atoms with E-state index in [9.17, 15) is 14.3 Å². The number of carbonyl (C=O) groups is 1. The molecule has 8 heteroatoms. The molecule has 5 rings (SSSR count). The van der Waals surface area contributed by atoms with Crippen molar-refractivity contribution in [2.45, 2.75) is 11.8 Å². The number of amides is 1. The molecule has 162 valence electrons. The van der Waals surface area contributed by atoms with Gasteiger partial charge in [-0.15, -0.1) is 11.8 Å². The lowest BCUT2D eigenvalue weighted by atomic mass is 10.1. The van der Waals surface area contributed by atoms with Crippen LogP contribution in [0.25, 0.3) is 16.9 Å². The van der Waals surface area contributed by atoms with E-state index in [1.54, 1.807) is 53.2 Å². The van der Waals surface area contributed by atoms with Gasteiger partial charge in [0.15, 0.2) is 0 Å². The van der Waals surface area contributed by atoms with E-state index in [4.69, 9.17) is 9.52 Å². The monoisotopic (exact) mass is 449 g/mol. The zero-order valence-electron chi connectivity index (χ0n) is 17.0. The average Bonchev–Trinajstić information content (AvgIpc) is 3.53. The molecule has 1 aliphatic rings. The van der Waals surface area contributed by atoms with Crippen LogP contribution in [0.3, 0.4) is 0 Å². The summed E-state index contributed by atoms with van der Waals surface area (Å²) in [5.74, 6) is 0.379. The van der Waals surface area contributed by atoms with Crippen LogP contribution in [0.15, 0.2) is 77.7 Å². The molecule has 1 saturated heterocycles. The molecule has 0 saturated carbocycles. The Morgan fingerprint density at radius 3 is 2.62 bits per heavy atom. The largest absolute Gasteiger partial charge is 0.508 e. The highest BCUT2D eigenvalue weighted by Crippen LogP contribution is 2.42. The van der Waals surface area contributed by atoms with Crippen molar-refractivity contribution in [1.82, 2.24) is 14.7 Å². The highest BCUT2D eigenvalue weighted by molar-refractivity contribution is 8.00. The van der Waals surface area contributed by atoms with Crippen LogP contribution in [-0.4, -0.2) is 38.0 Å². The first-order valence-electron chi connectivity index (χ1n) is 10.2. The highest BCUT2D eigenvalue weighted by atomic mass is 32.2. The first kappa shape index (κ1) is 20.4. The van der Waals surface area contributed by atoms with Gasteiger partial charge in [-0.05, 0) is 54.4 Å². The Bertz CT molecular complexity index is 1220. The van der Waals surface area contributed by atoms with Crippen molar-refractivity contribution in [3.63, 3.8) is 0 Å². The molecule has 2 aromatic heterocycles. The molecule has 32 heavy (non-hydrogen) atoms. The molecule has 3 heterocycles. The van der Waals surface area contributed by atoms with E-state index in [-0.39, 0.29) is 22.8 Å². The Balaban J connectivity index is 1.48. The summed E-state index contributed by atoms with van der Waals surface area (Å²) < 4.78 is 20.4. The van der Waals surface area contributed by atoms with Crippen molar-refractivity contribution < 1.29 is 18.7 Å².